The zero-order valence-electron chi connectivity index (χ0n) is 13.0. The Morgan fingerprint density at radius 2 is 1.85 bits per heavy atom. The normalized spacial score (nSPS) is 10.9. The molecule has 0 atom stereocenters. The van der Waals surface area contributed by atoms with Crippen molar-refractivity contribution in [3.8, 4) is 11.1 Å². The molecule has 1 aromatic carbocycles. The Labute approximate surface area is 136 Å². The number of benzene rings is 1. The van der Waals surface area contributed by atoms with Gasteiger partial charge in [0.15, 0.2) is 0 Å². The minimum atomic E-state index is 0. The molecule has 0 radical (unpaired) electrons. The Morgan fingerprint density at radius 3 is 2.40 bits per heavy atom. The van der Waals surface area contributed by atoms with Gasteiger partial charge in [0.2, 0.25) is 0 Å². The van der Waals surface area contributed by atoms with Crippen molar-refractivity contribution in [2.24, 2.45) is 5.92 Å². The summed E-state index contributed by atoms with van der Waals surface area (Å²) in [5.41, 5.74) is 5.37. The molecule has 0 bridgehead atoms. The molecule has 0 aliphatic carbocycles. The summed E-state index contributed by atoms with van der Waals surface area (Å²) in [5, 5.41) is 4.47. The van der Waals surface area contributed by atoms with Gasteiger partial charge in [-0.25, -0.2) is 0 Å². The van der Waals surface area contributed by atoms with Crippen molar-refractivity contribution in [3.05, 3.63) is 41.7 Å². The van der Waals surface area contributed by atoms with Crippen molar-refractivity contribution in [2.45, 2.75) is 47.1 Å². The fraction of sp³-hybridized carbons (Fsp3) is 0.471. The minimum absolute atomic E-state index is 0. The maximum atomic E-state index is 4.47. The van der Waals surface area contributed by atoms with Crippen LogP contribution in [0.15, 0.2) is 30.6 Å². The molecular weight excluding hydrogens is 427 g/mol. The Balaban J connectivity index is 0.00000200. The molecule has 0 aliphatic rings. The molecule has 0 aliphatic heterocycles. The van der Waals surface area contributed by atoms with Crippen LogP contribution in [-0.4, -0.2) is 9.78 Å². The van der Waals surface area contributed by atoms with Crippen LogP contribution in [0.1, 0.15) is 44.9 Å². The van der Waals surface area contributed by atoms with E-state index in [9.17, 15) is 0 Å². The van der Waals surface area contributed by atoms with Crippen molar-refractivity contribution >= 4 is 0 Å². The van der Waals surface area contributed by atoms with Crippen LogP contribution >= 0.6 is 0 Å². The van der Waals surface area contributed by atoms with E-state index in [4.69, 9.17) is 0 Å². The van der Waals surface area contributed by atoms with E-state index >= 15 is 0 Å². The molecule has 2 nitrogen and oxygen atoms in total. The first-order valence-electron chi connectivity index (χ1n) is 7.12. The predicted octanol–water partition coefficient (Wildman–Crippen LogP) is 4.64. The number of aryl methyl sites for hydroxylation is 1. The van der Waals surface area contributed by atoms with Gasteiger partial charge in [-0.3, -0.25) is 4.68 Å². The summed E-state index contributed by atoms with van der Waals surface area (Å²) in [6.45, 7) is 11.0. The molecule has 1 heterocycles. The number of hydrogen-bond donors (Lipinski definition) is 0. The van der Waals surface area contributed by atoms with E-state index in [1.54, 1.807) is 0 Å². The largest absolute Gasteiger partial charge is 0.270 e. The van der Waals surface area contributed by atoms with Crippen molar-refractivity contribution in [3.63, 3.8) is 0 Å². The second-order valence-electron chi connectivity index (χ2n) is 6.01. The van der Waals surface area contributed by atoms with E-state index in [-0.39, 0.29) is 21.1 Å². The molecule has 2 rings (SSSR count). The van der Waals surface area contributed by atoms with Crippen molar-refractivity contribution < 1.29 is 21.1 Å². The summed E-state index contributed by atoms with van der Waals surface area (Å²) in [5.74, 6) is 0.667. The van der Waals surface area contributed by atoms with E-state index in [0.717, 1.165) is 6.42 Å². The van der Waals surface area contributed by atoms with Crippen LogP contribution in [0, 0.1) is 12.8 Å². The quantitative estimate of drug-likeness (QED) is 0.663. The molecule has 0 unspecified atom stereocenters. The molecule has 1 aromatic heterocycles. The van der Waals surface area contributed by atoms with E-state index in [0.29, 0.717) is 12.0 Å². The summed E-state index contributed by atoms with van der Waals surface area (Å²) in [7, 11) is 0. The number of nitrogens with zero attached hydrogens (tertiary/aromatic N) is 2. The zero-order chi connectivity index (χ0) is 14.0. The monoisotopic (exact) mass is 451 g/mol. The van der Waals surface area contributed by atoms with Crippen LogP contribution in [0.5, 0.6) is 0 Å². The van der Waals surface area contributed by atoms with Gasteiger partial charge in [0.25, 0.3) is 0 Å². The fourth-order valence-corrected chi connectivity index (χ4v) is 2.50. The van der Waals surface area contributed by atoms with Gasteiger partial charge in [0.1, 0.15) is 0 Å². The SMILES string of the molecule is Cc1cccc(CC(C)C)c1-c1cnn(C(C)C)c1.[Pt]. The average molecular weight is 451 g/mol. The molecule has 0 saturated heterocycles. The molecule has 0 amide bonds. The van der Waals surface area contributed by atoms with Crippen LogP contribution < -0.4 is 0 Å². The van der Waals surface area contributed by atoms with E-state index in [1.807, 2.05) is 10.9 Å². The molecule has 3 heteroatoms. The first kappa shape index (κ1) is 17.2. The van der Waals surface area contributed by atoms with E-state index in [1.165, 1.54) is 22.3 Å². The second-order valence-corrected chi connectivity index (χ2v) is 6.01. The van der Waals surface area contributed by atoms with Crippen molar-refractivity contribution in [1.82, 2.24) is 9.78 Å². The maximum Gasteiger partial charge on any atom is 0.0568 e. The topological polar surface area (TPSA) is 17.8 Å². The van der Waals surface area contributed by atoms with Crippen LogP contribution in [0.3, 0.4) is 0 Å². The predicted molar refractivity (Wildman–Crippen MR) is 81.3 cm³/mol. The summed E-state index contributed by atoms with van der Waals surface area (Å²) in [6.07, 6.45) is 5.27. The molecule has 20 heavy (non-hydrogen) atoms. The average Bonchev–Trinajstić information content (AvgIpc) is 2.77. The van der Waals surface area contributed by atoms with Crippen LogP contribution in [0.2, 0.25) is 0 Å². The van der Waals surface area contributed by atoms with Gasteiger partial charge in [-0.05, 0) is 49.8 Å². The third kappa shape index (κ3) is 3.82. The number of aromatic nitrogens is 2. The van der Waals surface area contributed by atoms with E-state index in [2.05, 4.69) is 64.1 Å². The molecule has 0 fully saturated rings. The van der Waals surface area contributed by atoms with Gasteiger partial charge in [0, 0.05) is 38.9 Å². The number of rotatable bonds is 4. The van der Waals surface area contributed by atoms with Crippen molar-refractivity contribution in [1.29, 1.82) is 0 Å². The zero-order valence-corrected chi connectivity index (χ0v) is 15.2. The molecule has 0 saturated carbocycles. The Hall–Kier alpha value is -0.882. The third-order valence-electron chi connectivity index (χ3n) is 3.41. The van der Waals surface area contributed by atoms with Crippen LogP contribution in [0.25, 0.3) is 11.1 Å². The molecule has 0 N–H and O–H groups in total. The van der Waals surface area contributed by atoms with Gasteiger partial charge in [-0.15, -0.1) is 0 Å². The second kappa shape index (κ2) is 7.22. The van der Waals surface area contributed by atoms with Gasteiger partial charge >= 0.3 is 0 Å². The summed E-state index contributed by atoms with van der Waals surface area (Å²) < 4.78 is 2.03. The summed E-state index contributed by atoms with van der Waals surface area (Å²) >= 11 is 0. The summed E-state index contributed by atoms with van der Waals surface area (Å²) in [6, 6.07) is 7.00. The van der Waals surface area contributed by atoms with Crippen LogP contribution in [0.4, 0.5) is 0 Å². The third-order valence-corrected chi connectivity index (χ3v) is 3.41. The molecule has 0 spiro atoms. The van der Waals surface area contributed by atoms with E-state index < -0.39 is 0 Å². The Kier molecular flexibility index (Phi) is 6.20. The van der Waals surface area contributed by atoms with Gasteiger partial charge in [0.05, 0.1) is 6.20 Å². The molecular formula is C17H24N2Pt. The smallest absolute Gasteiger partial charge is 0.0568 e. The fourth-order valence-electron chi connectivity index (χ4n) is 2.50. The Bertz CT molecular complexity index is 556. The summed E-state index contributed by atoms with van der Waals surface area (Å²) in [4.78, 5) is 0. The van der Waals surface area contributed by atoms with Gasteiger partial charge in [-0.2, -0.15) is 5.10 Å². The molecule has 112 valence electrons. The van der Waals surface area contributed by atoms with Gasteiger partial charge in [-0.1, -0.05) is 32.0 Å². The first-order chi connectivity index (χ1) is 8.99. The van der Waals surface area contributed by atoms with Gasteiger partial charge < -0.3 is 0 Å². The van der Waals surface area contributed by atoms with Crippen molar-refractivity contribution in [2.75, 3.05) is 0 Å². The standard InChI is InChI=1S/C17H24N2.Pt/c1-12(2)9-15-8-6-7-14(5)17(15)16-10-18-19(11-16)13(3)4;/h6-8,10-13H,9H2,1-5H3;. The molecule has 2 aromatic rings. The van der Waals surface area contributed by atoms with Crippen LogP contribution in [-0.2, 0) is 27.5 Å². The minimum Gasteiger partial charge on any atom is -0.270 e. The first-order valence-corrected chi connectivity index (χ1v) is 7.12. The maximum absolute atomic E-state index is 4.47. The Morgan fingerprint density at radius 1 is 1.15 bits per heavy atom. The number of hydrogen-bond acceptors (Lipinski definition) is 1.